The quantitative estimate of drug-likeness (QED) is 0.845. The predicted molar refractivity (Wildman–Crippen MR) is 89.6 cm³/mol. The molecule has 1 aromatic rings. The first kappa shape index (κ1) is 14.9. The molecule has 2 fully saturated rings. The fourth-order valence-corrected chi connectivity index (χ4v) is 3.49. The van der Waals surface area contributed by atoms with Crippen LogP contribution in [0.4, 0.5) is 5.69 Å². The van der Waals surface area contributed by atoms with Crippen LogP contribution in [0.2, 0.25) is 0 Å². The van der Waals surface area contributed by atoms with Gasteiger partial charge in [-0.3, -0.25) is 0 Å². The number of para-hydroxylation sites is 1. The van der Waals surface area contributed by atoms with Crippen LogP contribution in [-0.2, 0) is 0 Å². The summed E-state index contributed by atoms with van der Waals surface area (Å²) in [6, 6.07) is 10.7. The second-order valence-corrected chi connectivity index (χ2v) is 7.00. The normalized spacial score (nSPS) is 23.0. The number of piperidine rings is 1. The van der Waals surface area contributed by atoms with Gasteiger partial charge in [-0.25, -0.2) is 0 Å². The lowest BCUT2D eigenvalue weighted by Crippen LogP contribution is -2.58. The van der Waals surface area contributed by atoms with Crippen LogP contribution in [0.1, 0.15) is 32.6 Å². The molecule has 1 saturated carbocycles. The molecule has 3 N–H and O–H groups in total. The Morgan fingerprint density at radius 2 is 1.90 bits per heavy atom. The average Bonchev–Trinajstić information content (AvgIpc) is 3.39. The number of nitrogens with two attached hydrogens (primary N) is 1. The first-order valence-electron chi connectivity index (χ1n) is 8.47. The Bertz CT molecular complexity index is 433. The Labute approximate surface area is 128 Å². The van der Waals surface area contributed by atoms with E-state index >= 15 is 0 Å². The van der Waals surface area contributed by atoms with E-state index in [2.05, 4.69) is 47.5 Å². The molecule has 0 amide bonds. The molecule has 1 atom stereocenters. The number of benzene rings is 1. The molecule has 3 heteroatoms. The molecule has 3 rings (SSSR count). The summed E-state index contributed by atoms with van der Waals surface area (Å²) in [5.41, 5.74) is 7.62. The summed E-state index contributed by atoms with van der Waals surface area (Å²) in [7, 11) is 0. The van der Waals surface area contributed by atoms with Crippen molar-refractivity contribution >= 4 is 5.69 Å². The van der Waals surface area contributed by atoms with Gasteiger partial charge >= 0.3 is 0 Å². The average molecular weight is 287 g/mol. The lowest BCUT2D eigenvalue weighted by atomic mass is 9.86. The molecule has 0 bridgehead atoms. The van der Waals surface area contributed by atoms with E-state index in [1.165, 1.54) is 18.5 Å². The second kappa shape index (κ2) is 6.37. The maximum atomic E-state index is 6.12. The van der Waals surface area contributed by atoms with Crippen LogP contribution in [0, 0.1) is 11.8 Å². The molecular weight excluding hydrogens is 258 g/mol. The monoisotopic (exact) mass is 287 g/mol. The number of nitrogens with zero attached hydrogens (tertiary/aromatic N) is 1. The Kier molecular flexibility index (Phi) is 4.51. The topological polar surface area (TPSA) is 41.3 Å². The standard InChI is InChI=1S/C18H29N3/c1-15(16-7-8-16)13-20-18(14-19)9-11-21(12-10-18)17-5-3-2-4-6-17/h2-6,15-16,20H,7-14,19H2,1H3. The number of rotatable bonds is 6. The Morgan fingerprint density at radius 1 is 1.24 bits per heavy atom. The summed E-state index contributed by atoms with van der Waals surface area (Å²) in [6.45, 7) is 6.48. The third-order valence-corrected chi connectivity index (χ3v) is 5.46. The lowest BCUT2D eigenvalue weighted by Gasteiger charge is -2.43. The van der Waals surface area contributed by atoms with Crippen molar-refractivity contribution in [3.63, 3.8) is 0 Å². The van der Waals surface area contributed by atoms with Crippen molar-refractivity contribution < 1.29 is 0 Å². The smallest absolute Gasteiger partial charge is 0.0366 e. The van der Waals surface area contributed by atoms with Gasteiger partial charge in [-0.15, -0.1) is 0 Å². The van der Waals surface area contributed by atoms with Crippen LogP contribution < -0.4 is 16.0 Å². The minimum Gasteiger partial charge on any atom is -0.371 e. The van der Waals surface area contributed by atoms with Crippen LogP contribution in [0.5, 0.6) is 0 Å². The van der Waals surface area contributed by atoms with E-state index in [1.807, 2.05) is 0 Å². The summed E-state index contributed by atoms with van der Waals surface area (Å²) in [6.07, 6.45) is 5.16. The van der Waals surface area contributed by atoms with E-state index in [-0.39, 0.29) is 5.54 Å². The molecule has 116 valence electrons. The molecule has 2 aliphatic rings. The van der Waals surface area contributed by atoms with Crippen molar-refractivity contribution in [2.45, 2.75) is 38.1 Å². The fourth-order valence-electron chi connectivity index (χ4n) is 3.49. The van der Waals surface area contributed by atoms with Gasteiger partial charge in [0.15, 0.2) is 0 Å². The molecule has 1 unspecified atom stereocenters. The minimum absolute atomic E-state index is 0.161. The lowest BCUT2D eigenvalue weighted by molar-refractivity contribution is 0.248. The van der Waals surface area contributed by atoms with Crippen molar-refractivity contribution in [3.05, 3.63) is 30.3 Å². The molecular formula is C18H29N3. The van der Waals surface area contributed by atoms with Crippen LogP contribution in [0.3, 0.4) is 0 Å². The highest BCUT2D eigenvalue weighted by molar-refractivity contribution is 5.46. The SMILES string of the molecule is CC(CNC1(CN)CCN(c2ccccc2)CC1)C1CC1. The summed E-state index contributed by atoms with van der Waals surface area (Å²) in [5.74, 6) is 1.78. The van der Waals surface area contributed by atoms with Gasteiger partial charge < -0.3 is 16.0 Å². The number of hydrogen-bond acceptors (Lipinski definition) is 3. The molecule has 1 aliphatic carbocycles. The molecule has 1 aromatic carbocycles. The highest BCUT2D eigenvalue weighted by Crippen LogP contribution is 2.36. The van der Waals surface area contributed by atoms with Gasteiger partial charge in [-0.1, -0.05) is 25.1 Å². The van der Waals surface area contributed by atoms with Gasteiger partial charge in [0, 0.05) is 30.9 Å². The molecule has 3 nitrogen and oxygen atoms in total. The molecule has 1 aliphatic heterocycles. The Morgan fingerprint density at radius 3 is 2.48 bits per heavy atom. The minimum atomic E-state index is 0.161. The van der Waals surface area contributed by atoms with Gasteiger partial charge in [-0.2, -0.15) is 0 Å². The number of nitrogens with one attached hydrogen (secondary N) is 1. The summed E-state index contributed by atoms with van der Waals surface area (Å²) in [5, 5.41) is 3.83. The van der Waals surface area contributed by atoms with Gasteiger partial charge in [0.2, 0.25) is 0 Å². The van der Waals surface area contributed by atoms with E-state index in [4.69, 9.17) is 5.73 Å². The summed E-state index contributed by atoms with van der Waals surface area (Å²) >= 11 is 0. The molecule has 0 radical (unpaired) electrons. The number of anilines is 1. The first-order chi connectivity index (χ1) is 10.2. The third-order valence-electron chi connectivity index (χ3n) is 5.46. The van der Waals surface area contributed by atoms with Crippen LogP contribution in [0.15, 0.2) is 30.3 Å². The van der Waals surface area contributed by atoms with Crippen molar-refractivity contribution in [1.29, 1.82) is 0 Å². The molecule has 1 saturated heterocycles. The summed E-state index contributed by atoms with van der Waals surface area (Å²) < 4.78 is 0. The summed E-state index contributed by atoms with van der Waals surface area (Å²) in [4.78, 5) is 2.49. The number of hydrogen-bond donors (Lipinski definition) is 2. The zero-order valence-corrected chi connectivity index (χ0v) is 13.2. The highest BCUT2D eigenvalue weighted by atomic mass is 15.2. The molecule has 1 heterocycles. The fraction of sp³-hybridized carbons (Fsp3) is 0.667. The van der Waals surface area contributed by atoms with Crippen LogP contribution in [-0.4, -0.2) is 31.7 Å². The van der Waals surface area contributed by atoms with Crippen molar-refractivity contribution in [1.82, 2.24) is 5.32 Å². The van der Waals surface area contributed by atoms with Crippen LogP contribution >= 0.6 is 0 Å². The first-order valence-corrected chi connectivity index (χ1v) is 8.47. The van der Waals surface area contributed by atoms with E-state index in [1.54, 1.807) is 0 Å². The third kappa shape index (κ3) is 3.58. The maximum absolute atomic E-state index is 6.12. The van der Waals surface area contributed by atoms with Crippen molar-refractivity contribution in [3.8, 4) is 0 Å². The highest BCUT2D eigenvalue weighted by Gasteiger charge is 2.35. The second-order valence-electron chi connectivity index (χ2n) is 7.00. The Hall–Kier alpha value is -1.06. The largest absolute Gasteiger partial charge is 0.371 e. The molecule has 0 spiro atoms. The Balaban J connectivity index is 1.53. The molecule has 0 aromatic heterocycles. The van der Waals surface area contributed by atoms with E-state index in [0.717, 1.165) is 50.9 Å². The van der Waals surface area contributed by atoms with Gasteiger partial charge in [0.1, 0.15) is 0 Å². The van der Waals surface area contributed by atoms with Crippen molar-refractivity contribution in [2.24, 2.45) is 17.6 Å². The zero-order chi connectivity index (χ0) is 14.7. The molecule has 21 heavy (non-hydrogen) atoms. The maximum Gasteiger partial charge on any atom is 0.0366 e. The van der Waals surface area contributed by atoms with E-state index in [9.17, 15) is 0 Å². The van der Waals surface area contributed by atoms with Gasteiger partial charge in [0.05, 0.1) is 0 Å². The van der Waals surface area contributed by atoms with E-state index < -0.39 is 0 Å². The van der Waals surface area contributed by atoms with E-state index in [0.29, 0.717) is 0 Å². The predicted octanol–water partition coefficient (Wildman–Crippen LogP) is 2.62. The van der Waals surface area contributed by atoms with Gasteiger partial charge in [0.25, 0.3) is 0 Å². The van der Waals surface area contributed by atoms with Crippen molar-refractivity contribution in [2.75, 3.05) is 31.1 Å². The zero-order valence-electron chi connectivity index (χ0n) is 13.2. The van der Waals surface area contributed by atoms with Gasteiger partial charge in [-0.05, 0) is 56.2 Å². The van der Waals surface area contributed by atoms with Crippen LogP contribution in [0.25, 0.3) is 0 Å².